The predicted octanol–water partition coefficient (Wildman–Crippen LogP) is 2.15. The molecule has 1 amide bonds. The van der Waals surface area contributed by atoms with Crippen molar-refractivity contribution in [1.29, 1.82) is 0 Å². The average Bonchev–Trinajstić information content (AvgIpc) is 3.06. The van der Waals surface area contributed by atoms with E-state index in [1.54, 1.807) is 52.0 Å². The molecule has 0 radical (unpaired) electrons. The number of H-pyrrole nitrogens is 1. The number of nitrogens with zero attached hydrogens (tertiary/aromatic N) is 4. The highest BCUT2D eigenvalue weighted by Crippen LogP contribution is 2.29. The summed E-state index contributed by atoms with van der Waals surface area (Å²) in [5.41, 5.74) is -0.538. The number of benzene rings is 1. The standard InChI is InChI=1S/C16H21N5O3/c1-15(2,3)24-14(23)21(5)16(4,10-22)12-8-6-7-11(9-12)13-17-19-20-18-13/h6-10H,1-5H3,(H,17,18,19,20). The van der Waals surface area contributed by atoms with Crippen molar-refractivity contribution in [3.8, 4) is 11.4 Å². The number of nitrogens with one attached hydrogen (secondary N) is 1. The lowest BCUT2D eigenvalue weighted by atomic mass is 9.91. The number of tetrazole rings is 1. The first-order valence-corrected chi connectivity index (χ1v) is 7.45. The zero-order chi connectivity index (χ0) is 18.0. The second-order valence-corrected chi connectivity index (χ2v) is 6.62. The van der Waals surface area contributed by atoms with Crippen molar-refractivity contribution >= 4 is 12.4 Å². The van der Waals surface area contributed by atoms with Crippen LogP contribution >= 0.6 is 0 Å². The predicted molar refractivity (Wildman–Crippen MR) is 87.0 cm³/mol. The number of carbonyl (C=O) groups is 2. The highest BCUT2D eigenvalue weighted by molar-refractivity contribution is 5.78. The van der Waals surface area contributed by atoms with Crippen LogP contribution in [-0.4, -0.2) is 50.6 Å². The van der Waals surface area contributed by atoms with E-state index in [0.29, 0.717) is 23.2 Å². The summed E-state index contributed by atoms with van der Waals surface area (Å²) >= 11 is 0. The minimum absolute atomic E-state index is 0.407. The van der Waals surface area contributed by atoms with Crippen LogP contribution in [0.2, 0.25) is 0 Å². The van der Waals surface area contributed by atoms with Gasteiger partial charge in [0.1, 0.15) is 17.4 Å². The van der Waals surface area contributed by atoms with Crippen molar-refractivity contribution in [1.82, 2.24) is 25.5 Å². The average molecular weight is 331 g/mol. The van der Waals surface area contributed by atoms with E-state index < -0.39 is 17.2 Å². The van der Waals surface area contributed by atoms with Gasteiger partial charge in [-0.05, 0) is 44.5 Å². The molecule has 1 atom stereocenters. The summed E-state index contributed by atoms with van der Waals surface area (Å²) in [6.45, 7) is 6.97. The third-order valence-corrected chi connectivity index (χ3v) is 3.64. The normalized spacial score (nSPS) is 13.9. The summed E-state index contributed by atoms with van der Waals surface area (Å²) in [6, 6.07) is 7.08. The maximum atomic E-state index is 12.4. The second kappa shape index (κ2) is 6.38. The Morgan fingerprint density at radius 2 is 2.00 bits per heavy atom. The summed E-state index contributed by atoms with van der Waals surface area (Å²) in [6.07, 6.45) is 0.133. The van der Waals surface area contributed by atoms with E-state index in [9.17, 15) is 9.59 Å². The van der Waals surface area contributed by atoms with E-state index in [-0.39, 0.29) is 0 Å². The molecule has 0 aliphatic carbocycles. The highest BCUT2D eigenvalue weighted by atomic mass is 16.6. The monoisotopic (exact) mass is 331 g/mol. The van der Waals surface area contributed by atoms with Crippen LogP contribution in [0.3, 0.4) is 0 Å². The number of aldehydes is 1. The van der Waals surface area contributed by atoms with Gasteiger partial charge in [0.2, 0.25) is 5.82 Å². The van der Waals surface area contributed by atoms with Crippen molar-refractivity contribution in [2.75, 3.05) is 7.05 Å². The van der Waals surface area contributed by atoms with Crippen LogP contribution < -0.4 is 0 Å². The van der Waals surface area contributed by atoms with Crippen molar-refractivity contribution < 1.29 is 14.3 Å². The fourth-order valence-corrected chi connectivity index (χ4v) is 2.12. The lowest BCUT2D eigenvalue weighted by molar-refractivity contribution is -0.117. The molecule has 0 bridgehead atoms. The number of ether oxygens (including phenoxy) is 1. The Balaban J connectivity index is 2.37. The second-order valence-electron chi connectivity index (χ2n) is 6.62. The van der Waals surface area contributed by atoms with Crippen LogP contribution in [0.5, 0.6) is 0 Å². The molecule has 0 aliphatic heterocycles. The van der Waals surface area contributed by atoms with Gasteiger partial charge >= 0.3 is 6.09 Å². The molecule has 1 unspecified atom stereocenters. The topological polar surface area (TPSA) is 101 Å². The molecule has 24 heavy (non-hydrogen) atoms. The van der Waals surface area contributed by atoms with Gasteiger partial charge in [0.25, 0.3) is 0 Å². The summed E-state index contributed by atoms with van der Waals surface area (Å²) < 4.78 is 5.36. The Morgan fingerprint density at radius 1 is 1.29 bits per heavy atom. The van der Waals surface area contributed by atoms with Gasteiger partial charge in [-0.15, -0.1) is 10.2 Å². The van der Waals surface area contributed by atoms with Gasteiger partial charge in [0.05, 0.1) is 0 Å². The number of carbonyl (C=O) groups excluding carboxylic acids is 2. The van der Waals surface area contributed by atoms with Crippen LogP contribution in [0.25, 0.3) is 11.4 Å². The molecular weight excluding hydrogens is 310 g/mol. The largest absolute Gasteiger partial charge is 0.444 e. The number of hydrogen-bond donors (Lipinski definition) is 1. The molecule has 0 aliphatic rings. The minimum Gasteiger partial charge on any atom is -0.444 e. The Hall–Kier alpha value is -2.77. The quantitative estimate of drug-likeness (QED) is 0.861. The molecule has 1 heterocycles. The van der Waals surface area contributed by atoms with Crippen molar-refractivity contribution in [3.05, 3.63) is 29.8 Å². The highest BCUT2D eigenvalue weighted by Gasteiger charge is 2.37. The number of amides is 1. The summed E-state index contributed by atoms with van der Waals surface area (Å²) in [5.74, 6) is 0.407. The lowest BCUT2D eigenvalue weighted by Crippen LogP contribution is -2.48. The first-order chi connectivity index (χ1) is 11.2. The molecule has 0 saturated heterocycles. The third kappa shape index (κ3) is 3.58. The number of hydrogen-bond acceptors (Lipinski definition) is 6. The summed E-state index contributed by atoms with van der Waals surface area (Å²) in [5, 5.41) is 13.8. The van der Waals surface area contributed by atoms with E-state index in [1.165, 1.54) is 11.9 Å². The van der Waals surface area contributed by atoms with E-state index in [1.807, 2.05) is 0 Å². The third-order valence-electron chi connectivity index (χ3n) is 3.64. The molecule has 2 aromatic rings. The summed E-state index contributed by atoms with van der Waals surface area (Å²) in [4.78, 5) is 25.5. The van der Waals surface area contributed by atoms with Gasteiger partial charge in [-0.2, -0.15) is 5.21 Å². The summed E-state index contributed by atoms with van der Waals surface area (Å²) in [7, 11) is 1.53. The first kappa shape index (κ1) is 17.6. The minimum atomic E-state index is -1.19. The fraction of sp³-hybridized carbons (Fsp3) is 0.438. The van der Waals surface area contributed by atoms with Gasteiger partial charge < -0.3 is 9.53 Å². The Bertz CT molecular complexity index is 724. The van der Waals surface area contributed by atoms with Gasteiger partial charge in [0, 0.05) is 12.6 Å². The molecule has 0 saturated carbocycles. The molecule has 0 spiro atoms. The maximum absolute atomic E-state index is 12.4. The Labute approximate surface area is 140 Å². The van der Waals surface area contributed by atoms with E-state index in [2.05, 4.69) is 20.6 Å². The van der Waals surface area contributed by atoms with E-state index in [0.717, 1.165) is 0 Å². The molecule has 0 fully saturated rings. The molecule has 8 heteroatoms. The molecule has 2 rings (SSSR count). The molecular formula is C16H21N5O3. The molecule has 8 nitrogen and oxygen atoms in total. The van der Waals surface area contributed by atoms with Crippen LogP contribution in [0.4, 0.5) is 4.79 Å². The smallest absolute Gasteiger partial charge is 0.411 e. The number of likely N-dealkylation sites (N-methyl/N-ethyl adjacent to an activating group) is 1. The lowest BCUT2D eigenvalue weighted by Gasteiger charge is -2.35. The number of rotatable bonds is 4. The van der Waals surface area contributed by atoms with Crippen LogP contribution in [0, 0.1) is 0 Å². The Kier molecular flexibility index (Phi) is 4.68. The zero-order valence-electron chi connectivity index (χ0n) is 14.4. The van der Waals surface area contributed by atoms with Gasteiger partial charge in [0.15, 0.2) is 0 Å². The fourth-order valence-electron chi connectivity index (χ4n) is 2.12. The Morgan fingerprint density at radius 3 is 2.54 bits per heavy atom. The zero-order valence-corrected chi connectivity index (χ0v) is 14.4. The number of aromatic amines is 1. The van der Waals surface area contributed by atoms with Crippen molar-refractivity contribution in [2.45, 2.75) is 38.8 Å². The van der Waals surface area contributed by atoms with Crippen LogP contribution in [-0.2, 0) is 15.1 Å². The molecule has 128 valence electrons. The van der Waals surface area contributed by atoms with Crippen LogP contribution in [0.15, 0.2) is 24.3 Å². The molecule has 1 aromatic heterocycles. The van der Waals surface area contributed by atoms with E-state index in [4.69, 9.17) is 4.74 Å². The van der Waals surface area contributed by atoms with Crippen LogP contribution in [0.1, 0.15) is 33.3 Å². The van der Waals surface area contributed by atoms with Crippen molar-refractivity contribution in [3.63, 3.8) is 0 Å². The molecule has 1 aromatic carbocycles. The van der Waals surface area contributed by atoms with Gasteiger partial charge in [-0.1, -0.05) is 18.2 Å². The molecule has 1 N–H and O–H groups in total. The van der Waals surface area contributed by atoms with Gasteiger partial charge in [-0.3, -0.25) is 4.90 Å². The van der Waals surface area contributed by atoms with E-state index >= 15 is 0 Å². The van der Waals surface area contributed by atoms with Gasteiger partial charge in [-0.25, -0.2) is 4.79 Å². The SMILES string of the molecule is CN(C(=O)OC(C)(C)C)C(C)(C=O)c1cccc(-c2nn[nH]n2)c1. The van der Waals surface area contributed by atoms with Crippen molar-refractivity contribution in [2.24, 2.45) is 0 Å². The first-order valence-electron chi connectivity index (χ1n) is 7.45. The maximum Gasteiger partial charge on any atom is 0.411 e. The number of aromatic nitrogens is 4.